The van der Waals surface area contributed by atoms with Crippen LogP contribution in [0.2, 0.25) is 0 Å². The Morgan fingerprint density at radius 1 is 1.17 bits per heavy atom. The van der Waals surface area contributed by atoms with E-state index in [4.69, 9.17) is 4.74 Å². The molecule has 1 saturated carbocycles. The average molecular weight is 477 g/mol. The van der Waals surface area contributed by atoms with Gasteiger partial charge in [-0.1, -0.05) is 6.07 Å². The van der Waals surface area contributed by atoms with E-state index in [-0.39, 0.29) is 36.6 Å². The minimum atomic E-state index is -0.327. The molecule has 182 valence electrons. The molecule has 2 amide bonds. The Bertz CT molecular complexity index is 1280. The van der Waals surface area contributed by atoms with Crippen LogP contribution in [0, 0.1) is 11.8 Å². The van der Waals surface area contributed by atoms with Crippen molar-refractivity contribution in [1.29, 1.82) is 0 Å². The van der Waals surface area contributed by atoms with Gasteiger partial charge in [0.05, 0.1) is 16.9 Å². The predicted molar refractivity (Wildman–Crippen MR) is 130 cm³/mol. The molecule has 0 bridgehead atoms. The average Bonchev–Trinajstić information content (AvgIpc) is 3.29. The first-order chi connectivity index (χ1) is 17.0. The standard InChI is InChI=1S/C25H28N6O4/c1-14(32)17-5-2-15(3-6-17)9-26-19-11-27-23-22(19)29-13-30-24(23)25(34)28-10-16-4-7-20-18(8-16)31-21(33)12-35-20/h4,7-8,11,13,15,17,26-27H,2-3,5-6,9-10,12H2,1H3,(H,28,34)(H,31,33). The SMILES string of the molecule is CC(=O)C1CCC(CNc2c[nH]c3c(C(=O)NCc4ccc5c(c4)NC(=O)CO5)ncnc23)CC1. The Balaban J connectivity index is 1.22. The number of nitrogens with zero attached hydrogens (tertiary/aromatic N) is 2. The minimum absolute atomic E-state index is 0.000767. The van der Waals surface area contributed by atoms with Crippen molar-refractivity contribution in [2.24, 2.45) is 11.8 Å². The topological polar surface area (TPSA) is 138 Å². The van der Waals surface area contributed by atoms with Crippen molar-refractivity contribution in [2.75, 3.05) is 23.8 Å². The third-order valence-electron chi connectivity index (χ3n) is 6.81. The van der Waals surface area contributed by atoms with Crippen LogP contribution in [0.1, 0.15) is 48.7 Å². The molecule has 2 aliphatic rings. The first-order valence-corrected chi connectivity index (χ1v) is 11.9. The predicted octanol–water partition coefficient (Wildman–Crippen LogP) is 3.03. The molecule has 0 unspecified atom stereocenters. The van der Waals surface area contributed by atoms with E-state index in [1.165, 1.54) is 6.33 Å². The molecule has 35 heavy (non-hydrogen) atoms. The molecular formula is C25H28N6O4. The van der Waals surface area contributed by atoms with Crippen molar-refractivity contribution in [3.63, 3.8) is 0 Å². The number of hydrogen-bond donors (Lipinski definition) is 4. The van der Waals surface area contributed by atoms with E-state index in [0.717, 1.165) is 43.5 Å². The fourth-order valence-electron chi connectivity index (χ4n) is 4.78. The zero-order valence-electron chi connectivity index (χ0n) is 19.5. The molecule has 0 atom stereocenters. The minimum Gasteiger partial charge on any atom is -0.482 e. The second-order valence-electron chi connectivity index (χ2n) is 9.21. The number of ether oxygens (including phenoxy) is 1. The second-order valence-corrected chi connectivity index (χ2v) is 9.21. The van der Waals surface area contributed by atoms with Gasteiger partial charge in [0.15, 0.2) is 12.3 Å². The smallest absolute Gasteiger partial charge is 0.272 e. The van der Waals surface area contributed by atoms with Crippen molar-refractivity contribution in [3.8, 4) is 5.75 Å². The molecule has 1 aliphatic heterocycles. The third-order valence-corrected chi connectivity index (χ3v) is 6.81. The van der Waals surface area contributed by atoms with E-state index in [0.29, 0.717) is 34.2 Å². The number of H-pyrrole nitrogens is 1. The zero-order chi connectivity index (χ0) is 24.4. The molecule has 5 rings (SSSR count). The van der Waals surface area contributed by atoms with Gasteiger partial charge in [-0.3, -0.25) is 14.4 Å². The number of carbonyl (C=O) groups is 3. The van der Waals surface area contributed by atoms with Crippen LogP contribution in [0.15, 0.2) is 30.7 Å². The first-order valence-electron chi connectivity index (χ1n) is 11.9. The van der Waals surface area contributed by atoms with Gasteiger partial charge in [-0.15, -0.1) is 0 Å². The number of hydrogen-bond acceptors (Lipinski definition) is 7. The molecule has 0 radical (unpaired) electrons. The number of nitrogens with one attached hydrogen (secondary N) is 4. The molecule has 0 saturated heterocycles. The van der Waals surface area contributed by atoms with Crippen LogP contribution in [0.25, 0.3) is 11.0 Å². The normalized spacial score (nSPS) is 19.4. The van der Waals surface area contributed by atoms with Crippen LogP contribution in [0.4, 0.5) is 11.4 Å². The Labute approximate surface area is 202 Å². The van der Waals surface area contributed by atoms with Crippen molar-refractivity contribution < 1.29 is 19.1 Å². The molecule has 10 heteroatoms. The Kier molecular flexibility index (Phi) is 6.35. The van der Waals surface area contributed by atoms with Crippen LogP contribution in [-0.2, 0) is 16.1 Å². The third kappa shape index (κ3) is 4.96. The van der Waals surface area contributed by atoms with E-state index in [1.54, 1.807) is 19.1 Å². The number of amides is 2. The van der Waals surface area contributed by atoms with Gasteiger partial charge in [0.25, 0.3) is 11.8 Å². The number of fused-ring (bicyclic) bond motifs is 2. The number of rotatable bonds is 7. The summed E-state index contributed by atoms with van der Waals surface area (Å²) >= 11 is 0. The lowest BCUT2D eigenvalue weighted by molar-refractivity contribution is -0.122. The highest BCUT2D eigenvalue weighted by atomic mass is 16.5. The summed E-state index contributed by atoms with van der Waals surface area (Å²) in [6.07, 6.45) is 7.16. The van der Waals surface area contributed by atoms with E-state index in [9.17, 15) is 14.4 Å². The van der Waals surface area contributed by atoms with Crippen molar-refractivity contribution in [2.45, 2.75) is 39.2 Å². The summed E-state index contributed by atoms with van der Waals surface area (Å²) in [4.78, 5) is 47.8. The summed E-state index contributed by atoms with van der Waals surface area (Å²) in [5.41, 5.74) is 3.74. The molecule has 0 spiro atoms. The maximum Gasteiger partial charge on any atom is 0.272 e. The number of benzene rings is 1. The second kappa shape index (κ2) is 9.73. The monoisotopic (exact) mass is 476 g/mol. The maximum atomic E-state index is 12.9. The number of aromatic amines is 1. The van der Waals surface area contributed by atoms with Crippen molar-refractivity contribution in [1.82, 2.24) is 20.3 Å². The van der Waals surface area contributed by atoms with Gasteiger partial charge in [-0.2, -0.15) is 0 Å². The summed E-state index contributed by atoms with van der Waals surface area (Å²) in [6.45, 7) is 2.74. The van der Waals surface area contributed by atoms with Gasteiger partial charge in [0.1, 0.15) is 23.4 Å². The molecule has 1 fully saturated rings. The number of aromatic nitrogens is 3. The lowest BCUT2D eigenvalue weighted by atomic mass is 9.80. The van der Waals surface area contributed by atoms with Gasteiger partial charge in [0.2, 0.25) is 0 Å². The number of Topliss-reactive ketones (excluding diaryl/α,β-unsaturated/α-hetero) is 1. The fourth-order valence-corrected chi connectivity index (χ4v) is 4.78. The highest BCUT2D eigenvalue weighted by Crippen LogP contribution is 2.31. The Hall–Kier alpha value is -3.95. The highest BCUT2D eigenvalue weighted by Gasteiger charge is 2.24. The van der Waals surface area contributed by atoms with E-state index < -0.39 is 0 Å². The van der Waals surface area contributed by atoms with Gasteiger partial charge >= 0.3 is 0 Å². The summed E-state index contributed by atoms with van der Waals surface area (Å²) in [7, 11) is 0. The van der Waals surface area contributed by atoms with Gasteiger partial charge < -0.3 is 25.7 Å². The molecule has 4 N–H and O–H groups in total. The van der Waals surface area contributed by atoms with Crippen LogP contribution >= 0.6 is 0 Å². The van der Waals surface area contributed by atoms with E-state index in [2.05, 4.69) is 30.9 Å². The highest BCUT2D eigenvalue weighted by molar-refractivity contribution is 6.05. The van der Waals surface area contributed by atoms with E-state index >= 15 is 0 Å². The largest absolute Gasteiger partial charge is 0.482 e. The summed E-state index contributed by atoms with van der Waals surface area (Å²) in [5, 5.41) is 9.10. The molecular weight excluding hydrogens is 448 g/mol. The summed E-state index contributed by atoms with van der Waals surface area (Å²) < 4.78 is 5.37. The fraction of sp³-hybridized carbons (Fsp3) is 0.400. The first kappa shape index (κ1) is 22.8. The van der Waals surface area contributed by atoms with Gasteiger partial charge in [-0.05, 0) is 56.2 Å². The summed E-state index contributed by atoms with van der Waals surface area (Å²) in [5.74, 6) is 1.08. The zero-order valence-corrected chi connectivity index (χ0v) is 19.5. The van der Waals surface area contributed by atoms with Crippen LogP contribution in [0.3, 0.4) is 0 Å². The van der Waals surface area contributed by atoms with Crippen LogP contribution in [-0.4, -0.2) is 45.7 Å². The van der Waals surface area contributed by atoms with E-state index in [1.807, 2.05) is 12.3 Å². The molecule has 10 nitrogen and oxygen atoms in total. The van der Waals surface area contributed by atoms with Crippen molar-refractivity contribution in [3.05, 3.63) is 42.0 Å². The number of anilines is 2. The number of carbonyl (C=O) groups excluding carboxylic acids is 3. The lowest BCUT2D eigenvalue weighted by Gasteiger charge is -2.27. The number of ketones is 1. The van der Waals surface area contributed by atoms with Crippen LogP contribution < -0.4 is 20.7 Å². The molecule has 3 aromatic rings. The van der Waals surface area contributed by atoms with Crippen LogP contribution in [0.5, 0.6) is 5.75 Å². The van der Waals surface area contributed by atoms with Crippen molar-refractivity contribution >= 4 is 40.0 Å². The summed E-state index contributed by atoms with van der Waals surface area (Å²) in [6, 6.07) is 5.39. The Morgan fingerprint density at radius 3 is 2.80 bits per heavy atom. The Morgan fingerprint density at radius 2 is 2.00 bits per heavy atom. The van der Waals surface area contributed by atoms with Gasteiger partial charge in [-0.25, -0.2) is 9.97 Å². The maximum absolute atomic E-state index is 12.9. The lowest BCUT2D eigenvalue weighted by Crippen LogP contribution is -2.26. The van der Waals surface area contributed by atoms with Gasteiger partial charge in [0, 0.05) is 25.2 Å². The molecule has 2 aromatic heterocycles. The molecule has 1 aliphatic carbocycles. The molecule has 1 aromatic carbocycles. The quantitative estimate of drug-likeness (QED) is 0.411. The molecule has 3 heterocycles.